The van der Waals surface area contributed by atoms with Crippen molar-refractivity contribution in [1.29, 1.82) is 0 Å². The Morgan fingerprint density at radius 2 is 1.84 bits per heavy atom. The van der Waals surface area contributed by atoms with Crippen molar-refractivity contribution < 1.29 is 4.74 Å². The van der Waals surface area contributed by atoms with Gasteiger partial charge in [0.1, 0.15) is 0 Å². The third-order valence-electron chi connectivity index (χ3n) is 5.09. The summed E-state index contributed by atoms with van der Waals surface area (Å²) < 4.78 is 5.85. The second-order valence-corrected chi connectivity index (χ2v) is 7.19. The van der Waals surface area contributed by atoms with Gasteiger partial charge in [0.15, 0.2) is 0 Å². The second kappa shape index (κ2) is 5.57. The van der Waals surface area contributed by atoms with E-state index in [1.807, 2.05) is 0 Å². The standard InChI is InChI=1S/C17H23BrO/c18-14-17(12-16(13-17)7-4-8-16)9-10-19-11-15-5-2-1-3-6-15/h1-3,5-6H,4,7-14H2. The van der Waals surface area contributed by atoms with Crippen LogP contribution in [0.2, 0.25) is 0 Å². The molecule has 0 radical (unpaired) electrons. The predicted octanol–water partition coefficient (Wildman–Crippen LogP) is 4.94. The summed E-state index contributed by atoms with van der Waals surface area (Å²) in [7, 11) is 0. The Labute approximate surface area is 124 Å². The third-order valence-corrected chi connectivity index (χ3v) is 6.28. The summed E-state index contributed by atoms with van der Waals surface area (Å²) in [6, 6.07) is 10.5. The molecule has 1 aromatic rings. The normalized spacial score (nSPS) is 22.8. The molecule has 2 saturated carbocycles. The number of hydrogen-bond acceptors (Lipinski definition) is 1. The average Bonchev–Trinajstić information content (AvgIpc) is 2.36. The van der Waals surface area contributed by atoms with Crippen molar-refractivity contribution in [2.45, 2.75) is 45.1 Å². The van der Waals surface area contributed by atoms with E-state index in [0.29, 0.717) is 5.41 Å². The van der Waals surface area contributed by atoms with Crippen molar-refractivity contribution in [2.75, 3.05) is 11.9 Å². The van der Waals surface area contributed by atoms with Gasteiger partial charge in [0.05, 0.1) is 6.61 Å². The van der Waals surface area contributed by atoms with Gasteiger partial charge in [0, 0.05) is 11.9 Å². The average molecular weight is 323 g/mol. The Kier molecular flexibility index (Phi) is 4.00. The highest BCUT2D eigenvalue weighted by Crippen LogP contribution is 2.66. The Hall–Kier alpha value is -0.340. The molecule has 0 bridgehead atoms. The molecule has 0 N–H and O–H groups in total. The number of rotatable bonds is 6. The second-order valence-electron chi connectivity index (χ2n) is 6.63. The van der Waals surface area contributed by atoms with E-state index in [2.05, 4.69) is 46.3 Å². The highest BCUT2D eigenvalue weighted by molar-refractivity contribution is 9.09. The van der Waals surface area contributed by atoms with Crippen LogP contribution >= 0.6 is 15.9 Å². The highest BCUT2D eigenvalue weighted by atomic mass is 79.9. The first kappa shape index (κ1) is 13.6. The van der Waals surface area contributed by atoms with Crippen molar-refractivity contribution >= 4 is 15.9 Å². The van der Waals surface area contributed by atoms with Crippen LogP contribution in [0.1, 0.15) is 44.1 Å². The number of hydrogen-bond donors (Lipinski definition) is 0. The van der Waals surface area contributed by atoms with Crippen LogP contribution < -0.4 is 0 Å². The quantitative estimate of drug-likeness (QED) is 0.532. The zero-order valence-electron chi connectivity index (χ0n) is 11.5. The van der Waals surface area contributed by atoms with E-state index in [1.165, 1.54) is 44.1 Å². The molecule has 1 spiro atoms. The van der Waals surface area contributed by atoms with Crippen LogP contribution in [-0.2, 0) is 11.3 Å². The van der Waals surface area contributed by atoms with Crippen molar-refractivity contribution in [1.82, 2.24) is 0 Å². The topological polar surface area (TPSA) is 9.23 Å². The van der Waals surface area contributed by atoms with Crippen LogP contribution in [0.4, 0.5) is 0 Å². The van der Waals surface area contributed by atoms with Crippen LogP contribution in [0.25, 0.3) is 0 Å². The first-order valence-electron chi connectivity index (χ1n) is 7.44. The van der Waals surface area contributed by atoms with E-state index >= 15 is 0 Å². The van der Waals surface area contributed by atoms with Crippen molar-refractivity contribution in [3.63, 3.8) is 0 Å². The first-order valence-corrected chi connectivity index (χ1v) is 8.56. The van der Waals surface area contributed by atoms with E-state index in [9.17, 15) is 0 Å². The van der Waals surface area contributed by atoms with Gasteiger partial charge in [0.2, 0.25) is 0 Å². The van der Waals surface area contributed by atoms with Gasteiger partial charge in [-0.15, -0.1) is 0 Å². The van der Waals surface area contributed by atoms with E-state index in [-0.39, 0.29) is 0 Å². The lowest BCUT2D eigenvalue weighted by Crippen LogP contribution is -2.51. The predicted molar refractivity (Wildman–Crippen MR) is 82.5 cm³/mol. The third kappa shape index (κ3) is 2.90. The molecular formula is C17H23BrO. The van der Waals surface area contributed by atoms with E-state index in [1.54, 1.807) is 0 Å². The minimum atomic E-state index is 0.539. The molecule has 2 aliphatic carbocycles. The SMILES string of the molecule is BrCC1(CCOCc2ccccc2)CC2(CCC2)C1. The summed E-state index contributed by atoms with van der Waals surface area (Å²) >= 11 is 3.73. The smallest absolute Gasteiger partial charge is 0.0716 e. The largest absolute Gasteiger partial charge is 0.377 e. The lowest BCUT2D eigenvalue weighted by Gasteiger charge is -2.61. The molecule has 19 heavy (non-hydrogen) atoms. The summed E-state index contributed by atoms with van der Waals surface area (Å²) in [4.78, 5) is 0. The maximum absolute atomic E-state index is 5.85. The van der Waals surface area contributed by atoms with Crippen molar-refractivity contribution in [3.05, 3.63) is 35.9 Å². The van der Waals surface area contributed by atoms with Gasteiger partial charge < -0.3 is 4.74 Å². The van der Waals surface area contributed by atoms with Crippen LogP contribution in [0, 0.1) is 10.8 Å². The molecule has 0 amide bonds. The maximum Gasteiger partial charge on any atom is 0.0716 e. The minimum Gasteiger partial charge on any atom is -0.377 e. The molecule has 0 heterocycles. The van der Waals surface area contributed by atoms with Crippen LogP contribution in [0.5, 0.6) is 0 Å². The fraction of sp³-hybridized carbons (Fsp3) is 0.647. The van der Waals surface area contributed by atoms with Crippen LogP contribution in [0.15, 0.2) is 30.3 Å². The van der Waals surface area contributed by atoms with E-state index < -0.39 is 0 Å². The van der Waals surface area contributed by atoms with Gasteiger partial charge in [-0.2, -0.15) is 0 Å². The maximum atomic E-state index is 5.85. The molecule has 1 nitrogen and oxygen atoms in total. The Morgan fingerprint density at radius 3 is 2.42 bits per heavy atom. The number of alkyl halides is 1. The van der Waals surface area contributed by atoms with Gasteiger partial charge in [-0.25, -0.2) is 0 Å². The molecule has 2 heteroatoms. The lowest BCUT2D eigenvalue weighted by atomic mass is 9.45. The monoisotopic (exact) mass is 322 g/mol. The molecule has 0 saturated heterocycles. The lowest BCUT2D eigenvalue weighted by molar-refractivity contribution is -0.0965. The summed E-state index contributed by atoms with van der Waals surface area (Å²) in [5, 5.41) is 1.15. The van der Waals surface area contributed by atoms with Gasteiger partial charge >= 0.3 is 0 Å². The van der Waals surface area contributed by atoms with Gasteiger partial charge in [-0.05, 0) is 48.5 Å². The van der Waals surface area contributed by atoms with Crippen LogP contribution in [-0.4, -0.2) is 11.9 Å². The highest BCUT2D eigenvalue weighted by Gasteiger charge is 2.55. The van der Waals surface area contributed by atoms with Crippen molar-refractivity contribution in [3.8, 4) is 0 Å². The van der Waals surface area contributed by atoms with Gasteiger partial charge in [-0.1, -0.05) is 52.7 Å². The molecule has 0 unspecified atom stereocenters. The minimum absolute atomic E-state index is 0.539. The molecule has 0 atom stereocenters. The van der Waals surface area contributed by atoms with Crippen molar-refractivity contribution in [2.24, 2.45) is 10.8 Å². The summed E-state index contributed by atoms with van der Waals surface area (Å²) in [6.45, 7) is 1.65. The summed E-state index contributed by atoms with van der Waals surface area (Å²) in [5.74, 6) is 0. The fourth-order valence-electron chi connectivity index (χ4n) is 3.96. The molecule has 2 aliphatic rings. The van der Waals surface area contributed by atoms with Crippen LogP contribution in [0.3, 0.4) is 0 Å². The summed E-state index contributed by atoms with van der Waals surface area (Å²) in [5.41, 5.74) is 2.57. The molecule has 1 aromatic carbocycles. The van der Waals surface area contributed by atoms with E-state index in [0.717, 1.165) is 24.0 Å². The Morgan fingerprint density at radius 1 is 1.11 bits per heavy atom. The number of benzene rings is 1. The Bertz CT molecular complexity index is 403. The number of ether oxygens (including phenoxy) is 1. The van der Waals surface area contributed by atoms with Gasteiger partial charge in [0.25, 0.3) is 0 Å². The molecule has 104 valence electrons. The molecular weight excluding hydrogens is 300 g/mol. The molecule has 3 rings (SSSR count). The first-order chi connectivity index (χ1) is 9.26. The zero-order valence-corrected chi connectivity index (χ0v) is 13.1. The van der Waals surface area contributed by atoms with E-state index in [4.69, 9.17) is 4.74 Å². The molecule has 0 aromatic heterocycles. The molecule has 2 fully saturated rings. The zero-order chi connectivity index (χ0) is 13.2. The summed E-state index contributed by atoms with van der Waals surface area (Å²) in [6.07, 6.45) is 8.49. The number of halogens is 1. The fourth-order valence-corrected chi connectivity index (χ4v) is 4.64. The van der Waals surface area contributed by atoms with Gasteiger partial charge in [-0.3, -0.25) is 0 Å². The molecule has 0 aliphatic heterocycles. The Balaban J connectivity index is 1.40.